The molecule has 25 heavy (non-hydrogen) atoms. The lowest BCUT2D eigenvalue weighted by Crippen LogP contribution is -2.13. The van der Waals surface area contributed by atoms with E-state index in [1.807, 2.05) is 24.3 Å². The quantitative estimate of drug-likeness (QED) is 0.803. The fourth-order valence-electron chi connectivity index (χ4n) is 3.46. The van der Waals surface area contributed by atoms with Crippen molar-refractivity contribution in [2.24, 2.45) is 5.92 Å². The highest BCUT2D eigenvalue weighted by atomic mass is 16.5. The Morgan fingerprint density at radius 3 is 2.12 bits per heavy atom. The molecular weight excluding hydrogens is 316 g/mol. The van der Waals surface area contributed by atoms with Crippen molar-refractivity contribution in [3.8, 4) is 23.0 Å². The number of hydrogen-bond acceptors (Lipinski definition) is 4. The van der Waals surface area contributed by atoms with Gasteiger partial charge in [0.25, 0.3) is 0 Å². The van der Waals surface area contributed by atoms with Crippen LogP contribution >= 0.6 is 0 Å². The van der Waals surface area contributed by atoms with Crippen LogP contribution in [0.25, 0.3) is 12.2 Å². The molecule has 0 fully saturated rings. The van der Waals surface area contributed by atoms with E-state index in [1.165, 1.54) is 5.56 Å². The Hall–Kier alpha value is -2.62. The van der Waals surface area contributed by atoms with E-state index < -0.39 is 0 Å². The monoisotopic (exact) mass is 340 g/mol. The second-order valence-corrected chi connectivity index (χ2v) is 6.76. The number of phenols is 2. The summed E-state index contributed by atoms with van der Waals surface area (Å²) >= 11 is 0. The van der Waals surface area contributed by atoms with Crippen molar-refractivity contribution in [1.29, 1.82) is 0 Å². The Balaban J connectivity index is 2.20. The lowest BCUT2D eigenvalue weighted by atomic mass is 9.78. The van der Waals surface area contributed by atoms with Gasteiger partial charge in [-0.2, -0.15) is 0 Å². The van der Waals surface area contributed by atoms with Crippen molar-refractivity contribution in [3.05, 3.63) is 46.5 Å². The zero-order valence-electron chi connectivity index (χ0n) is 15.0. The third kappa shape index (κ3) is 3.16. The molecule has 1 aliphatic rings. The Bertz CT molecular complexity index is 821. The van der Waals surface area contributed by atoms with Crippen LogP contribution in [0.1, 0.15) is 42.0 Å². The summed E-state index contributed by atoms with van der Waals surface area (Å²) in [7, 11) is 3.27. The predicted octanol–water partition coefficient (Wildman–Crippen LogP) is 4.58. The van der Waals surface area contributed by atoms with Crippen molar-refractivity contribution in [2.75, 3.05) is 14.2 Å². The van der Waals surface area contributed by atoms with Crippen LogP contribution in [0.2, 0.25) is 0 Å². The first kappa shape index (κ1) is 17.2. The van der Waals surface area contributed by atoms with Crippen molar-refractivity contribution in [3.63, 3.8) is 0 Å². The zero-order valence-corrected chi connectivity index (χ0v) is 15.0. The maximum absolute atomic E-state index is 9.97. The SMILES string of the molecule is COc1cc2c(cc1OC)CC(C(C)C)c1cc(O)c(O)cc1/C=C\2. The first-order chi connectivity index (χ1) is 11.9. The lowest BCUT2D eigenvalue weighted by molar-refractivity contribution is 0.354. The summed E-state index contributed by atoms with van der Waals surface area (Å²) in [6.07, 6.45) is 4.81. The smallest absolute Gasteiger partial charge is 0.161 e. The van der Waals surface area contributed by atoms with Crippen LogP contribution in [0.4, 0.5) is 0 Å². The molecule has 0 heterocycles. The van der Waals surface area contributed by atoms with Crippen molar-refractivity contribution in [2.45, 2.75) is 26.2 Å². The lowest BCUT2D eigenvalue weighted by Gasteiger charge is -2.27. The van der Waals surface area contributed by atoms with E-state index in [1.54, 1.807) is 26.4 Å². The summed E-state index contributed by atoms with van der Waals surface area (Å²) in [5.74, 6) is 1.82. The molecule has 0 spiro atoms. The molecule has 2 aromatic carbocycles. The number of aromatic hydroxyl groups is 2. The minimum atomic E-state index is -0.0981. The van der Waals surface area contributed by atoms with Gasteiger partial charge >= 0.3 is 0 Å². The minimum Gasteiger partial charge on any atom is -0.504 e. The predicted molar refractivity (Wildman–Crippen MR) is 99.5 cm³/mol. The molecule has 0 radical (unpaired) electrons. The highest BCUT2D eigenvalue weighted by molar-refractivity contribution is 5.76. The van der Waals surface area contributed by atoms with E-state index in [-0.39, 0.29) is 17.4 Å². The van der Waals surface area contributed by atoms with Crippen molar-refractivity contribution < 1.29 is 19.7 Å². The molecule has 0 bridgehead atoms. The highest BCUT2D eigenvalue weighted by Gasteiger charge is 2.24. The topological polar surface area (TPSA) is 58.9 Å². The molecule has 1 atom stereocenters. The number of phenolic OH excluding ortho intramolecular Hbond substituents is 2. The van der Waals surface area contributed by atoms with Gasteiger partial charge < -0.3 is 19.7 Å². The Morgan fingerprint density at radius 2 is 1.48 bits per heavy atom. The fourth-order valence-corrected chi connectivity index (χ4v) is 3.46. The van der Waals surface area contributed by atoms with E-state index >= 15 is 0 Å². The third-order valence-electron chi connectivity index (χ3n) is 4.91. The number of fused-ring (bicyclic) bond motifs is 2. The Kier molecular flexibility index (Phi) is 4.62. The van der Waals surface area contributed by atoms with Gasteiger partial charge in [-0.1, -0.05) is 26.0 Å². The molecule has 0 saturated carbocycles. The molecule has 2 N–H and O–H groups in total. The van der Waals surface area contributed by atoms with E-state index in [0.717, 1.165) is 23.1 Å². The molecule has 1 aliphatic carbocycles. The molecule has 0 amide bonds. The number of ether oxygens (including phenoxy) is 2. The van der Waals surface area contributed by atoms with Gasteiger partial charge in [-0.3, -0.25) is 0 Å². The van der Waals surface area contributed by atoms with Crippen LogP contribution in [0.3, 0.4) is 0 Å². The first-order valence-corrected chi connectivity index (χ1v) is 8.43. The average Bonchev–Trinajstić information content (AvgIpc) is 2.58. The van der Waals surface area contributed by atoms with Gasteiger partial charge in [0, 0.05) is 0 Å². The highest BCUT2D eigenvalue weighted by Crippen LogP contribution is 2.41. The maximum atomic E-state index is 9.97. The fraction of sp³-hybridized carbons (Fsp3) is 0.333. The van der Waals surface area contributed by atoms with Gasteiger partial charge in [-0.15, -0.1) is 0 Å². The molecule has 3 rings (SSSR count). The molecule has 0 aromatic heterocycles. The van der Waals surface area contributed by atoms with Gasteiger partial charge in [0.1, 0.15) is 0 Å². The molecule has 0 saturated heterocycles. The number of benzene rings is 2. The van der Waals surface area contributed by atoms with Crippen molar-refractivity contribution >= 4 is 12.2 Å². The van der Waals surface area contributed by atoms with E-state index in [0.29, 0.717) is 17.4 Å². The standard InChI is InChI=1S/C21H24O4/c1-12(2)16-7-15-10-21(25-4)20(24-3)9-13(15)5-6-14-8-18(22)19(23)11-17(14)16/h5-6,8-12,16,22-23H,7H2,1-4H3/b6-5-. The molecule has 0 aliphatic heterocycles. The second kappa shape index (κ2) is 6.71. The second-order valence-electron chi connectivity index (χ2n) is 6.76. The summed E-state index contributed by atoms with van der Waals surface area (Å²) in [5.41, 5.74) is 4.21. The van der Waals surface area contributed by atoms with E-state index in [2.05, 4.69) is 13.8 Å². The average molecular weight is 340 g/mol. The number of hydrogen-bond donors (Lipinski definition) is 2. The minimum absolute atomic E-state index is 0.0779. The summed E-state index contributed by atoms with van der Waals surface area (Å²) < 4.78 is 10.9. The molecule has 4 heteroatoms. The molecule has 1 unspecified atom stereocenters. The molecular formula is C21H24O4. The van der Waals surface area contributed by atoms with Crippen LogP contribution in [-0.2, 0) is 6.42 Å². The Morgan fingerprint density at radius 1 is 0.880 bits per heavy atom. The van der Waals surface area contributed by atoms with E-state index in [4.69, 9.17) is 9.47 Å². The summed E-state index contributed by atoms with van der Waals surface area (Å²) in [5, 5.41) is 19.9. The van der Waals surface area contributed by atoms with Gasteiger partial charge in [-0.05, 0) is 64.8 Å². The number of methoxy groups -OCH3 is 2. The first-order valence-electron chi connectivity index (χ1n) is 8.43. The van der Waals surface area contributed by atoms with Gasteiger partial charge in [0.05, 0.1) is 14.2 Å². The van der Waals surface area contributed by atoms with Crippen LogP contribution in [0.5, 0.6) is 23.0 Å². The van der Waals surface area contributed by atoms with E-state index in [9.17, 15) is 10.2 Å². The third-order valence-corrected chi connectivity index (χ3v) is 4.91. The molecule has 132 valence electrons. The van der Waals surface area contributed by atoms with Crippen LogP contribution in [-0.4, -0.2) is 24.4 Å². The van der Waals surface area contributed by atoms with Gasteiger partial charge in [-0.25, -0.2) is 0 Å². The zero-order chi connectivity index (χ0) is 18.1. The van der Waals surface area contributed by atoms with Gasteiger partial charge in [0.15, 0.2) is 23.0 Å². The summed E-state index contributed by atoms with van der Waals surface area (Å²) in [6, 6.07) is 7.32. The van der Waals surface area contributed by atoms with Crippen LogP contribution in [0.15, 0.2) is 24.3 Å². The number of rotatable bonds is 3. The molecule has 4 nitrogen and oxygen atoms in total. The van der Waals surface area contributed by atoms with Gasteiger partial charge in [0.2, 0.25) is 0 Å². The Labute approximate surface area is 148 Å². The normalized spacial score (nSPS) is 17.2. The summed E-state index contributed by atoms with van der Waals surface area (Å²) in [4.78, 5) is 0. The largest absolute Gasteiger partial charge is 0.504 e. The molecule has 2 aromatic rings. The van der Waals surface area contributed by atoms with Crippen molar-refractivity contribution in [1.82, 2.24) is 0 Å². The summed E-state index contributed by atoms with van der Waals surface area (Å²) in [6.45, 7) is 4.34. The van der Waals surface area contributed by atoms with Crippen LogP contribution in [0, 0.1) is 5.92 Å². The maximum Gasteiger partial charge on any atom is 0.161 e. The van der Waals surface area contributed by atoms with Crippen LogP contribution < -0.4 is 9.47 Å².